The number of hydrogen-bond acceptors (Lipinski definition) is 4. The van der Waals surface area contributed by atoms with Gasteiger partial charge >= 0.3 is 5.97 Å². The lowest BCUT2D eigenvalue weighted by molar-refractivity contribution is 0.0696. The summed E-state index contributed by atoms with van der Waals surface area (Å²) < 4.78 is 2.05. The van der Waals surface area contributed by atoms with Crippen LogP contribution < -0.4 is 0 Å². The third kappa shape index (κ3) is 2.48. The molecule has 6 heteroatoms. The second kappa shape index (κ2) is 4.81. The molecule has 3 rings (SSSR count). The maximum atomic E-state index is 10.9. The van der Waals surface area contributed by atoms with E-state index in [2.05, 4.69) is 15.1 Å². The minimum atomic E-state index is -0.889. The van der Waals surface area contributed by atoms with E-state index in [1.807, 2.05) is 10.6 Å². The van der Waals surface area contributed by atoms with Crippen LogP contribution in [0.3, 0.4) is 0 Å². The van der Waals surface area contributed by atoms with Crippen LogP contribution in [0.15, 0.2) is 30.6 Å². The maximum absolute atomic E-state index is 10.9. The lowest BCUT2D eigenvalue weighted by Crippen LogP contribution is -2.33. The molecular formula is C13H14N4O2. The van der Waals surface area contributed by atoms with Crippen molar-refractivity contribution in [3.63, 3.8) is 0 Å². The van der Waals surface area contributed by atoms with Crippen molar-refractivity contribution in [1.82, 2.24) is 19.7 Å². The van der Waals surface area contributed by atoms with Crippen molar-refractivity contribution in [2.45, 2.75) is 19.6 Å². The summed E-state index contributed by atoms with van der Waals surface area (Å²) in [5, 5.41) is 16.9. The highest BCUT2D eigenvalue weighted by Crippen LogP contribution is 2.14. The number of carboxylic acids is 1. The summed E-state index contributed by atoms with van der Waals surface area (Å²) in [6, 6.07) is 7.07. The first kappa shape index (κ1) is 11.9. The first-order valence-corrected chi connectivity index (χ1v) is 6.13. The third-order valence-electron chi connectivity index (χ3n) is 3.30. The van der Waals surface area contributed by atoms with Crippen molar-refractivity contribution in [1.29, 1.82) is 0 Å². The molecule has 1 N–H and O–H groups in total. The summed E-state index contributed by atoms with van der Waals surface area (Å²) in [5.74, 6) is 0.0703. The largest absolute Gasteiger partial charge is 0.478 e. The van der Waals surface area contributed by atoms with Gasteiger partial charge in [-0.15, -0.1) is 10.2 Å². The number of carboxylic acid groups (broad SMARTS) is 1. The molecule has 0 atom stereocenters. The Hall–Kier alpha value is -2.21. The molecule has 6 nitrogen and oxygen atoms in total. The molecular weight excluding hydrogens is 244 g/mol. The van der Waals surface area contributed by atoms with E-state index in [1.165, 1.54) is 0 Å². The fourth-order valence-electron chi connectivity index (χ4n) is 2.31. The second-order valence-corrected chi connectivity index (χ2v) is 4.66. The van der Waals surface area contributed by atoms with Gasteiger partial charge in [-0.05, 0) is 17.7 Å². The first-order valence-electron chi connectivity index (χ1n) is 6.13. The highest BCUT2D eigenvalue weighted by molar-refractivity contribution is 5.87. The van der Waals surface area contributed by atoms with Crippen LogP contribution >= 0.6 is 0 Å². The molecule has 0 radical (unpaired) electrons. The highest BCUT2D eigenvalue weighted by Gasteiger charge is 2.17. The Balaban J connectivity index is 1.72. The van der Waals surface area contributed by atoms with Crippen molar-refractivity contribution in [2.24, 2.45) is 0 Å². The van der Waals surface area contributed by atoms with Crippen LogP contribution in [-0.4, -0.2) is 37.3 Å². The topological polar surface area (TPSA) is 71.2 Å². The van der Waals surface area contributed by atoms with E-state index in [0.29, 0.717) is 5.56 Å². The summed E-state index contributed by atoms with van der Waals surface area (Å²) in [7, 11) is 0. The molecule has 0 fully saturated rings. The number of rotatable bonds is 3. The summed E-state index contributed by atoms with van der Waals surface area (Å²) >= 11 is 0. The number of aromatic carboxylic acids is 1. The molecule has 2 aromatic rings. The zero-order valence-corrected chi connectivity index (χ0v) is 10.4. The van der Waals surface area contributed by atoms with Gasteiger partial charge in [0.25, 0.3) is 0 Å². The van der Waals surface area contributed by atoms with Crippen molar-refractivity contribution >= 4 is 5.97 Å². The number of carbonyl (C=O) groups is 1. The summed E-state index contributed by atoms with van der Waals surface area (Å²) in [5.41, 5.74) is 1.34. The molecule has 0 amide bonds. The molecule has 98 valence electrons. The van der Waals surface area contributed by atoms with Gasteiger partial charge in [-0.25, -0.2) is 4.79 Å². The van der Waals surface area contributed by atoms with Crippen LogP contribution in [0.25, 0.3) is 0 Å². The number of benzene rings is 1. The van der Waals surface area contributed by atoms with E-state index in [1.54, 1.807) is 24.5 Å². The van der Waals surface area contributed by atoms with Crippen molar-refractivity contribution in [3.05, 3.63) is 47.5 Å². The molecule has 1 aromatic carbocycles. The minimum Gasteiger partial charge on any atom is -0.478 e. The Morgan fingerprint density at radius 3 is 3.11 bits per heavy atom. The molecule has 1 aromatic heterocycles. The average molecular weight is 258 g/mol. The van der Waals surface area contributed by atoms with Crippen LogP contribution in [0.2, 0.25) is 0 Å². The fourth-order valence-corrected chi connectivity index (χ4v) is 2.31. The predicted molar refractivity (Wildman–Crippen MR) is 67.5 cm³/mol. The molecule has 0 aliphatic carbocycles. The van der Waals surface area contributed by atoms with E-state index in [0.717, 1.165) is 37.6 Å². The maximum Gasteiger partial charge on any atom is 0.335 e. The van der Waals surface area contributed by atoms with E-state index in [-0.39, 0.29) is 0 Å². The lowest BCUT2D eigenvalue weighted by Gasteiger charge is -2.26. The second-order valence-electron chi connectivity index (χ2n) is 4.66. The Labute approximate surface area is 110 Å². The average Bonchev–Trinajstić information content (AvgIpc) is 2.86. The molecule has 0 spiro atoms. The predicted octanol–water partition coefficient (Wildman–Crippen LogP) is 0.992. The number of hydrogen-bond donors (Lipinski definition) is 1. The summed E-state index contributed by atoms with van der Waals surface area (Å²) in [4.78, 5) is 13.2. The zero-order chi connectivity index (χ0) is 13.2. The Bertz CT molecular complexity index is 608. The smallest absolute Gasteiger partial charge is 0.335 e. The quantitative estimate of drug-likeness (QED) is 0.889. The van der Waals surface area contributed by atoms with Gasteiger partial charge in [0.05, 0.1) is 12.1 Å². The van der Waals surface area contributed by atoms with E-state index in [9.17, 15) is 4.79 Å². The zero-order valence-electron chi connectivity index (χ0n) is 10.4. The van der Waals surface area contributed by atoms with Gasteiger partial charge < -0.3 is 9.67 Å². The van der Waals surface area contributed by atoms with Gasteiger partial charge in [-0.1, -0.05) is 12.1 Å². The third-order valence-corrected chi connectivity index (χ3v) is 3.30. The SMILES string of the molecule is O=C(O)c1cccc(CN2CCn3cnnc3C2)c1. The minimum absolute atomic E-state index is 0.331. The summed E-state index contributed by atoms with van der Waals surface area (Å²) in [6.45, 7) is 3.27. The van der Waals surface area contributed by atoms with Crippen LogP contribution in [0.1, 0.15) is 21.7 Å². The van der Waals surface area contributed by atoms with Crippen LogP contribution in [0.5, 0.6) is 0 Å². The molecule has 0 saturated heterocycles. The monoisotopic (exact) mass is 258 g/mol. The highest BCUT2D eigenvalue weighted by atomic mass is 16.4. The van der Waals surface area contributed by atoms with Gasteiger partial charge in [0.2, 0.25) is 0 Å². The van der Waals surface area contributed by atoms with Gasteiger partial charge in [0.1, 0.15) is 12.2 Å². The van der Waals surface area contributed by atoms with E-state index in [4.69, 9.17) is 5.11 Å². The molecule has 0 bridgehead atoms. The Morgan fingerprint density at radius 1 is 1.37 bits per heavy atom. The Morgan fingerprint density at radius 2 is 2.26 bits per heavy atom. The van der Waals surface area contributed by atoms with Crippen LogP contribution in [0.4, 0.5) is 0 Å². The normalized spacial score (nSPS) is 15.2. The van der Waals surface area contributed by atoms with Crippen molar-refractivity contribution in [2.75, 3.05) is 6.54 Å². The molecule has 0 unspecified atom stereocenters. The molecule has 0 saturated carbocycles. The molecule has 1 aliphatic heterocycles. The van der Waals surface area contributed by atoms with Crippen molar-refractivity contribution in [3.8, 4) is 0 Å². The van der Waals surface area contributed by atoms with Crippen LogP contribution in [0, 0.1) is 0 Å². The van der Waals surface area contributed by atoms with Crippen LogP contribution in [-0.2, 0) is 19.6 Å². The standard InChI is InChI=1S/C13H14N4O2/c18-13(19)11-3-1-2-10(6-11)7-16-4-5-17-9-14-15-12(17)8-16/h1-3,6,9H,4-5,7-8H2,(H,18,19). The van der Waals surface area contributed by atoms with Gasteiger partial charge in [0.15, 0.2) is 0 Å². The van der Waals surface area contributed by atoms with Gasteiger partial charge in [-0.3, -0.25) is 4.90 Å². The molecule has 2 heterocycles. The van der Waals surface area contributed by atoms with E-state index < -0.39 is 5.97 Å². The number of nitrogens with zero attached hydrogens (tertiary/aromatic N) is 4. The lowest BCUT2D eigenvalue weighted by atomic mass is 10.1. The van der Waals surface area contributed by atoms with Gasteiger partial charge in [0, 0.05) is 19.6 Å². The summed E-state index contributed by atoms with van der Waals surface area (Å²) in [6.07, 6.45) is 1.75. The fraction of sp³-hybridized carbons (Fsp3) is 0.308. The molecule has 19 heavy (non-hydrogen) atoms. The van der Waals surface area contributed by atoms with E-state index >= 15 is 0 Å². The van der Waals surface area contributed by atoms with Gasteiger partial charge in [-0.2, -0.15) is 0 Å². The van der Waals surface area contributed by atoms with Crippen molar-refractivity contribution < 1.29 is 9.90 Å². The molecule has 1 aliphatic rings. The Kier molecular flexibility index (Phi) is 3.00. The first-order chi connectivity index (χ1) is 9.22. The number of fused-ring (bicyclic) bond motifs is 1. The number of aromatic nitrogens is 3.